The highest BCUT2D eigenvalue weighted by molar-refractivity contribution is 7.99. The average Bonchev–Trinajstić information content (AvgIpc) is 2.30. The Hall–Kier alpha value is -1.01. The first-order valence-corrected chi connectivity index (χ1v) is 6.68. The molecule has 0 spiro atoms. The molecule has 1 aromatic rings. The van der Waals surface area contributed by atoms with Gasteiger partial charge >= 0.3 is 0 Å². The van der Waals surface area contributed by atoms with E-state index in [1.807, 2.05) is 23.9 Å². The largest absolute Gasteiger partial charge is 0.249 e. The summed E-state index contributed by atoms with van der Waals surface area (Å²) in [6, 6.07) is 5.90. The summed E-state index contributed by atoms with van der Waals surface area (Å²) >= 11 is 1.87. The molecule has 1 heterocycles. The van der Waals surface area contributed by atoms with Crippen LogP contribution in [0.5, 0.6) is 0 Å². The molecule has 0 aromatic carbocycles. The van der Waals surface area contributed by atoms with Crippen molar-refractivity contribution in [3.63, 3.8) is 0 Å². The molecule has 2 rings (SSSR count). The highest BCUT2D eigenvalue weighted by Crippen LogP contribution is 2.35. The fourth-order valence-electron chi connectivity index (χ4n) is 2.17. The van der Waals surface area contributed by atoms with Crippen molar-refractivity contribution in [1.29, 1.82) is 5.26 Å². The zero-order valence-corrected chi connectivity index (χ0v) is 10.3. The lowest BCUT2D eigenvalue weighted by Gasteiger charge is -2.25. The molecular weight excluding hydrogens is 216 g/mol. The summed E-state index contributed by atoms with van der Waals surface area (Å²) in [5.74, 6) is 0.852. The van der Waals surface area contributed by atoms with Crippen LogP contribution in [0.25, 0.3) is 0 Å². The van der Waals surface area contributed by atoms with E-state index < -0.39 is 0 Å². The van der Waals surface area contributed by atoms with E-state index in [-0.39, 0.29) is 0 Å². The van der Waals surface area contributed by atoms with Gasteiger partial charge in [-0.25, -0.2) is 4.98 Å². The minimum absolute atomic E-state index is 0.640. The monoisotopic (exact) mass is 232 g/mol. The molecule has 0 bridgehead atoms. The molecule has 1 saturated carbocycles. The first kappa shape index (κ1) is 11.5. The van der Waals surface area contributed by atoms with Gasteiger partial charge in [-0.2, -0.15) is 5.26 Å². The molecule has 3 heteroatoms. The molecular formula is C13H16N2S. The van der Waals surface area contributed by atoms with Gasteiger partial charge in [0.25, 0.3) is 0 Å². The standard InChI is InChI=1S/C13H16N2S/c1-10-3-2-4-12(7-10)16-13-6-5-11(8-14)9-15-13/h5-6,9-10,12H,2-4,7H2,1H3. The summed E-state index contributed by atoms with van der Waals surface area (Å²) < 4.78 is 0. The molecule has 2 unspecified atom stereocenters. The summed E-state index contributed by atoms with van der Waals surface area (Å²) in [5.41, 5.74) is 0.640. The van der Waals surface area contributed by atoms with Crippen molar-refractivity contribution in [2.75, 3.05) is 0 Å². The fraction of sp³-hybridized carbons (Fsp3) is 0.538. The van der Waals surface area contributed by atoms with Gasteiger partial charge in [0.05, 0.1) is 10.6 Å². The van der Waals surface area contributed by atoms with E-state index in [4.69, 9.17) is 5.26 Å². The Balaban J connectivity index is 1.95. The third kappa shape index (κ3) is 2.99. The van der Waals surface area contributed by atoms with Gasteiger partial charge in [-0.15, -0.1) is 11.8 Å². The van der Waals surface area contributed by atoms with Crippen LogP contribution < -0.4 is 0 Å². The number of nitriles is 1. The van der Waals surface area contributed by atoms with Gasteiger partial charge < -0.3 is 0 Å². The minimum atomic E-state index is 0.640. The number of rotatable bonds is 2. The molecule has 1 aliphatic carbocycles. The molecule has 2 atom stereocenters. The van der Waals surface area contributed by atoms with Crippen LogP contribution in [-0.4, -0.2) is 10.2 Å². The van der Waals surface area contributed by atoms with Crippen LogP contribution in [0.2, 0.25) is 0 Å². The Labute approximate surface area is 101 Å². The van der Waals surface area contributed by atoms with E-state index in [0.717, 1.165) is 10.9 Å². The Morgan fingerprint density at radius 2 is 2.31 bits per heavy atom. The van der Waals surface area contributed by atoms with Crippen molar-refractivity contribution in [2.24, 2.45) is 5.92 Å². The van der Waals surface area contributed by atoms with E-state index in [9.17, 15) is 0 Å². The molecule has 84 valence electrons. The van der Waals surface area contributed by atoms with E-state index in [1.165, 1.54) is 25.7 Å². The van der Waals surface area contributed by atoms with Crippen LogP contribution in [0.3, 0.4) is 0 Å². The van der Waals surface area contributed by atoms with Crippen molar-refractivity contribution in [2.45, 2.75) is 42.9 Å². The van der Waals surface area contributed by atoms with Crippen LogP contribution >= 0.6 is 11.8 Å². The second-order valence-electron chi connectivity index (χ2n) is 4.51. The maximum absolute atomic E-state index is 8.69. The van der Waals surface area contributed by atoms with E-state index in [2.05, 4.69) is 18.0 Å². The van der Waals surface area contributed by atoms with E-state index >= 15 is 0 Å². The summed E-state index contributed by atoms with van der Waals surface area (Å²) in [5, 5.41) is 10.5. The van der Waals surface area contributed by atoms with Crippen molar-refractivity contribution in [3.05, 3.63) is 23.9 Å². The number of thioether (sulfide) groups is 1. The highest BCUT2D eigenvalue weighted by atomic mass is 32.2. The van der Waals surface area contributed by atoms with Crippen LogP contribution in [0, 0.1) is 17.2 Å². The second-order valence-corrected chi connectivity index (χ2v) is 5.83. The van der Waals surface area contributed by atoms with Gasteiger partial charge in [0, 0.05) is 11.4 Å². The zero-order chi connectivity index (χ0) is 11.4. The molecule has 0 radical (unpaired) electrons. The first-order valence-electron chi connectivity index (χ1n) is 5.80. The summed E-state index contributed by atoms with van der Waals surface area (Å²) in [6.07, 6.45) is 6.98. The number of hydrogen-bond acceptors (Lipinski definition) is 3. The van der Waals surface area contributed by atoms with Gasteiger partial charge in [0.2, 0.25) is 0 Å². The van der Waals surface area contributed by atoms with E-state index in [0.29, 0.717) is 10.8 Å². The Bertz CT molecular complexity index is 380. The van der Waals surface area contributed by atoms with Crippen molar-refractivity contribution in [1.82, 2.24) is 4.98 Å². The summed E-state index contributed by atoms with van der Waals surface area (Å²) in [6.45, 7) is 2.33. The number of aromatic nitrogens is 1. The maximum atomic E-state index is 8.69. The maximum Gasteiger partial charge on any atom is 0.101 e. The van der Waals surface area contributed by atoms with Gasteiger partial charge in [0.15, 0.2) is 0 Å². The SMILES string of the molecule is CC1CCCC(Sc2ccc(C#N)cn2)C1. The molecule has 0 saturated heterocycles. The van der Waals surface area contributed by atoms with Crippen LogP contribution in [0.15, 0.2) is 23.4 Å². The van der Waals surface area contributed by atoms with E-state index in [1.54, 1.807) is 6.20 Å². The predicted molar refractivity (Wildman–Crippen MR) is 66.2 cm³/mol. The van der Waals surface area contributed by atoms with Crippen molar-refractivity contribution >= 4 is 11.8 Å². The lowest BCUT2D eigenvalue weighted by atomic mass is 9.91. The number of pyridine rings is 1. The number of hydrogen-bond donors (Lipinski definition) is 0. The lowest BCUT2D eigenvalue weighted by molar-refractivity contribution is 0.394. The number of nitrogens with zero attached hydrogens (tertiary/aromatic N) is 2. The molecule has 16 heavy (non-hydrogen) atoms. The van der Waals surface area contributed by atoms with Gasteiger partial charge in [-0.1, -0.05) is 19.8 Å². The van der Waals surface area contributed by atoms with Crippen molar-refractivity contribution < 1.29 is 0 Å². The predicted octanol–water partition coefficient (Wildman–Crippen LogP) is 3.62. The molecule has 2 nitrogen and oxygen atoms in total. The molecule has 1 aromatic heterocycles. The average molecular weight is 232 g/mol. The van der Waals surface area contributed by atoms with Crippen molar-refractivity contribution in [3.8, 4) is 6.07 Å². The molecule has 1 fully saturated rings. The topological polar surface area (TPSA) is 36.7 Å². The minimum Gasteiger partial charge on any atom is -0.249 e. The normalized spacial score (nSPS) is 25.0. The van der Waals surface area contributed by atoms with Crippen LogP contribution in [0.1, 0.15) is 38.2 Å². The quantitative estimate of drug-likeness (QED) is 0.781. The third-order valence-electron chi connectivity index (χ3n) is 3.04. The van der Waals surface area contributed by atoms with Crippen LogP contribution in [-0.2, 0) is 0 Å². The third-order valence-corrected chi connectivity index (χ3v) is 4.29. The molecule has 0 aliphatic heterocycles. The Morgan fingerprint density at radius 1 is 1.44 bits per heavy atom. The first-order chi connectivity index (χ1) is 7.78. The zero-order valence-electron chi connectivity index (χ0n) is 9.52. The summed E-state index contributed by atoms with van der Waals surface area (Å²) in [4.78, 5) is 4.31. The Morgan fingerprint density at radius 3 is 2.94 bits per heavy atom. The second kappa shape index (κ2) is 5.36. The van der Waals surface area contributed by atoms with Crippen LogP contribution in [0.4, 0.5) is 0 Å². The lowest BCUT2D eigenvalue weighted by Crippen LogP contribution is -2.15. The molecule has 0 N–H and O–H groups in total. The van der Waals surface area contributed by atoms with Gasteiger partial charge in [0.1, 0.15) is 6.07 Å². The summed E-state index contributed by atoms with van der Waals surface area (Å²) in [7, 11) is 0. The fourth-order valence-corrected chi connectivity index (χ4v) is 3.48. The highest BCUT2D eigenvalue weighted by Gasteiger charge is 2.19. The molecule has 1 aliphatic rings. The Kier molecular flexibility index (Phi) is 3.84. The van der Waals surface area contributed by atoms with Gasteiger partial charge in [-0.3, -0.25) is 0 Å². The van der Waals surface area contributed by atoms with Gasteiger partial charge in [-0.05, 0) is 30.9 Å². The molecule has 0 amide bonds. The smallest absolute Gasteiger partial charge is 0.101 e.